The van der Waals surface area contributed by atoms with E-state index in [1.54, 1.807) is 0 Å². The van der Waals surface area contributed by atoms with E-state index in [4.69, 9.17) is 0 Å². The maximum Gasteiger partial charge on any atom is -0.0196 e. The second-order valence-electron chi connectivity index (χ2n) is 4.04. The molecule has 0 saturated carbocycles. The van der Waals surface area contributed by atoms with Gasteiger partial charge in [-0.1, -0.05) is 12.2 Å². The van der Waals surface area contributed by atoms with E-state index in [-0.39, 0.29) is 0 Å². The first-order chi connectivity index (χ1) is 6.50. The molecule has 0 unspecified atom stereocenters. The molecule has 0 atom stereocenters. The van der Waals surface area contributed by atoms with E-state index >= 15 is 0 Å². The van der Waals surface area contributed by atoms with Crippen LogP contribution in [0.25, 0.3) is 6.08 Å². The Morgan fingerprint density at radius 1 is 0.643 bits per heavy atom. The summed E-state index contributed by atoms with van der Waals surface area (Å²) in [6.45, 7) is 13.1. The fourth-order valence-electron chi connectivity index (χ4n) is 1.95. The average Bonchev–Trinajstić information content (AvgIpc) is 2.19. The highest BCUT2D eigenvalue weighted by molar-refractivity contribution is 5.63. The highest BCUT2D eigenvalue weighted by Crippen LogP contribution is 2.26. The Hall–Kier alpha value is -1.04. The summed E-state index contributed by atoms with van der Waals surface area (Å²) in [7, 11) is 0. The standard InChI is InChI=1S/C14H20/c1-7-8-14-12(5)10(3)9(2)11(4)13(14)6/h7-8H,1-6H3. The van der Waals surface area contributed by atoms with Crippen LogP contribution in [0.5, 0.6) is 0 Å². The number of rotatable bonds is 1. The number of benzene rings is 1. The Morgan fingerprint density at radius 2 is 1.00 bits per heavy atom. The van der Waals surface area contributed by atoms with Crippen LogP contribution in [0.3, 0.4) is 0 Å². The van der Waals surface area contributed by atoms with Crippen molar-refractivity contribution in [2.75, 3.05) is 0 Å². The Bertz CT molecular complexity index is 353. The molecule has 1 aromatic rings. The first-order valence-corrected chi connectivity index (χ1v) is 5.20. The Balaban J connectivity index is 3.59. The van der Waals surface area contributed by atoms with Gasteiger partial charge in [-0.2, -0.15) is 0 Å². The highest BCUT2D eigenvalue weighted by atomic mass is 14.1. The first-order valence-electron chi connectivity index (χ1n) is 5.20. The minimum absolute atomic E-state index is 1.40. The molecule has 0 nitrogen and oxygen atoms in total. The lowest BCUT2D eigenvalue weighted by atomic mass is 9.89. The van der Waals surface area contributed by atoms with Crippen molar-refractivity contribution in [3.05, 3.63) is 39.5 Å². The van der Waals surface area contributed by atoms with Gasteiger partial charge >= 0.3 is 0 Å². The molecule has 0 heterocycles. The van der Waals surface area contributed by atoms with Gasteiger partial charge in [-0.25, -0.2) is 0 Å². The van der Waals surface area contributed by atoms with Crippen molar-refractivity contribution in [1.82, 2.24) is 0 Å². The van der Waals surface area contributed by atoms with Gasteiger partial charge in [-0.05, 0) is 74.9 Å². The molecule has 0 spiro atoms. The molecule has 0 aliphatic heterocycles. The molecule has 14 heavy (non-hydrogen) atoms. The fraction of sp³-hybridized carbons (Fsp3) is 0.429. The van der Waals surface area contributed by atoms with Crippen LogP contribution in [0.15, 0.2) is 6.08 Å². The predicted molar refractivity (Wildman–Crippen MR) is 64.8 cm³/mol. The molecule has 0 heteroatoms. The van der Waals surface area contributed by atoms with E-state index < -0.39 is 0 Å². The van der Waals surface area contributed by atoms with E-state index in [1.807, 2.05) is 0 Å². The first kappa shape index (κ1) is 11.0. The number of hydrogen-bond donors (Lipinski definition) is 0. The van der Waals surface area contributed by atoms with Gasteiger partial charge in [0.2, 0.25) is 0 Å². The molecule has 0 aliphatic rings. The van der Waals surface area contributed by atoms with E-state index in [1.165, 1.54) is 33.4 Å². The van der Waals surface area contributed by atoms with Crippen LogP contribution in [0.4, 0.5) is 0 Å². The molecule has 1 rings (SSSR count). The highest BCUT2D eigenvalue weighted by Gasteiger charge is 2.09. The van der Waals surface area contributed by atoms with Gasteiger partial charge in [0.05, 0.1) is 0 Å². The largest absolute Gasteiger partial charge is 0.0870 e. The lowest BCUT2D eigenvalue weighted by Gasteiger charge is -2.16. The van der Waals surface area contributed by atoms with Gasteiger partial charge in [0, 0.05) is 0 Å². The van der Waals surface area contributed by atoms with Crippen LogP contribution in [0.2, 0.25) is 0 Å². The second-order valence-corrected chi connectivity index (χ2v) is 4.04. The summed E-state index contributed by atoms with van der Waals surface area (Å²) < 4.78 is 0. The molecular weight excluding hydrogens is 168 g/mol. The maximum absolute atomic E-state index is 2.21. The van der Waals surface area contributed by atoms with Crippen LogP contribution < -0.4 is 0 Å². The quantitative estimate of drug-likeness (QED) is 0.617. The predicted octanol–water partition coefficient (Wildman–Crippen LogP) is 4.26. The van der Waals surface area contributed by atoms with E-state index in [0.29, 0.717) is 0 Å². The van der Waals surface area contributed by atoms with Gasteiger partial charge < -0.3 is 0 Å². The van der Waals surface area contributed by atoms with Crippen LogP contribution in [0, 0.1) is 34.6 Å². The smallest absolute Gasteiger partial charge is 0.0196 e. The summed E-state index contributed by atoms with van der Waals surface area (Å²) in [5, 5.41) is 0. The summed E-state index contributed by atoms with van der Waals surface area (Å²) in [6, 6.07) is 0. The lowest BCUT2D eigenvalue weighted by molar-refractivity contribution is 1.16. The fourth-order valence-corrected chi connectivity index (χ4v) is 1.95. The van der Waals surface area contributed by atoms with Gasteiger partial charge in [0.25, 0.3) is 0 Å². The Morgan fingerprint density at radius 3 is 1.36 bits per heavy atom. The zero-order chi connectivity index (χ0) is 10.9. The summed E-state index contributed by atoms with van der Waals surface area (Å²) in [6.07, 6.45) is 4.33. The molecule has 0 aliphatic carbocycles. The molecule has 76 valence electrons. The topological polar surface area (TPSA) is 0 Å². The summed E-state index contributed by atoms with van der Waals surface area (Å²) in [4.78, 5) is 0. The molecule has 0 radical (unpaired) electrons. The van der Waals surface area contributed by atoms with Crippen molar-refractivity contribution in [3.63, 3.8) is 0 Å². The van der Waals surface area contributed by atoms with Gasteiger partial charge in [-0.3, -0.25) is 0 Å². The third-order valence-corrected chi connectivity index (χ3v) is 3.39. The molecule has 0 amide bonds. The van der Waals surface area contributed by atoms with E-state index in [9.17, 15) is 0 Å². The third-order valence-electron chi connectivity index (χ3n) is 3.39. The van der Waals surface area contributed by atoms with Crippen molar-refractivity contribution in [2.24, 2.45) is 0 Å². The average molecular weight is 188 g/mol. The van der Waals surface area contributed by atoms with E-state index in [0.717, 1.165) is 0 Å². The monoisotopic (exact) mass is 188 g/mol. The van der Waals surface area contributed by atoms with Crippen molar-refractivity contribution < 1.29 is 0 Å². The summed E-state index contributed by atoms with van der Waals surface area (Å²) >= 11 is 0. The van der Waals surface area contributed by atoms with Crippen LogP contribution in [-0.4, -0.2) is 0 Å². The molecule has 0 fully saturated rings. The van der Waals surface area contributed by atoms with Gasteiger partial charge in [-0.15, -0.1) is 0 Å². The van der Waals surface area contributed by atoms with Crippen molar-refractivity contribution in [3.8, 4) is 0 Å². The number of allylic oxidation sites excluding steroid dienone is 1. The molecule has 0 N–H and O–H groups in total. The minimum Gasteiger partial charge on any atom is -0.0870 e. The minimum atomic E-state index is 1.40. The van der Waals surface area contributed by atoms with Crippen molar-refractivity contribution in [1.29, 1.82) is 0 Å². The normalized spacial score (nSPS) is 11.3. The van der Waals surface area contributed by atoms with Gasteiger partial charge in [0.15, 0.2) is 0 Å². The molecule has 0 saturated heterocycles. The van der Waals surface area contributed by atoms with Gasteiger partial charge in [0.1, 0.15) is 0 Å². The van der Waals surface area contributed by atoms with Crippen LogP contribution in [0.1, 0.15) is 40.3 Å². The zero-order valence-electron chi connectivity index (χ0n) is 10.2. The molecule has 0 aromatic heterocycles. The molecular formula is C14H20. The lowest BCUT2D eigenvalue weighted by Crippen LogP contribution is -1.98. The Kier molecular flexibility index (Phi) is 3.15. The molecule has 0 bridgehead atoms. The SMILES string of the molecule is CC=Cc1c(C)c(C)c(C)c(C)c1C. The number of hydrogen-bond acceptors (Lipinski definition) is 0. The Labute approximate surface area is 87.7 Å². The van der Waals surface area contributed by atoms with Crippen LogP contribution >= 0.6 is 0 Å². The maximum atomic E-state index is 2.21. The third kappa shape index (κ3) is 1.61. The van der Waals surface area contributed by atoms with Crippen molar-refractivity contribution >= 4 is 6.08 Å². The van der Waals surface area contributed by atoms with E-state index in [2.05, 4.69) is 53.7 Å². The zero-order valence-corrected chi connectivity index (χ0v) is 10.2. The second kappa shape index (κ2) is 4.00. The van der Waals surface area contributed by atoms with Crippen LogP contribution in [-0.2, 0) is 0 Å². The van der Waals surface area contributed by atoms with Crippen molar-refractivity contribution in [2.45, 2.75) is 41.5 Å². The molecule has 1 aromatic carbocycles. The summed E-state index contributed by atoms with van der Waals surface area (Å²) in [5.41, 5.74) is 8.54. The summed E-state index contributed by atoms with van der Waals surface area (Å²) in [5.74, 6) is 0.